The van der Waals surface area contributed by atoms with E-state index >= 15 is 0 Å². The van der Waals surface area contributed by atoms with Gasteiger partial charge < -0.3 is 15.2 Å². The molecule has 0 fully saturated rings. The van der Waals surface area contributed by atoms with E-state index in [2.05, 4.69) is 27.3 Å². The number of aliphatic hydroxyl groups is 1. The molecule has 32 heavy (non-hydrogen) atoms. The van der Waals surface area contributed by atoms with Crippen molar-refractivity contribution >= 4 is 38.6 Å². The van der Waals surface area contributed by atoms with Gasteiger partial charge in [0, 0.05) is 24.0 Å². The lowest BCUT2D eigenvalue weighted by Gasteiger charge is -2.15. The molecule has 0 radical (unpaired) electrons. The molecule has 10 heteroatoms. The number of hydrogen-bond acceptors (Lipinski definition) is 7. The van der Waals surface area contributed by atoms with Gasteiger partial charge in [-0.3, -0.25) is 4.72 Å². The molecule has 1 heterocycles. The minimum atomic E-state index is -3.46. The van der Waals surface area contributed by atoms with Gasteiger partial charge in [0.15, 0.2) is 0 Å². The third kappa shape index (κ3) is 7.18. The molecular weight excluding hydrogens is 470 g/mol. The van der Waals surface area contributed by atoms with Gasteiger partial charge in [0.25, 0.3) is 0 Å². The molecule has 0 bridgehead atoms. The van der Waals surface area contributed by atoms with Crippen molar-refractivity contribution in [3.63, 3.8) is 0 Å². The molecule has 0 saturated carbocycles. The number of thiazole rings is 1. The number of halogens is 1. The average molecular weight is 496 g/mol. The summed E-state index contributed by atoms with van der Waals surface area (Å²) >= 11 is 7.68. The van der Waals surface area contributed by atoms with Crippen molar-refractivity contribution in [2.24, 2.45) is 0 Å². The van der Waals surface area contributed by atoms with Crippen molar-refractivity contribution in [2.75, 3.05) is 30.7 Å². The predicted octanol–water partition coefficient (Wildman–Crippen LogP) is 4.10. The molecule has 0 aliphatic heterocycles. The fraction of sp³-hybridized carbons (Fsp3) is 0.318. The largest absolute Gasteiger partial charge is 0.492 e. The summed E-state index contributed by atoms with van der Waals surface area (Å²) in [5.74, 6) is 0.760. The maximum atomic E-state index is 11.4. The van der Waals surface area contributed by atoms with Crippen molar-refractivity contribution in [1.82, 2.24) is 10.3 Å². The summed E-state index contributed by atoms with van der Waals surface area (Å²) < 4.78 is 31.0. The highest BCUT2D eigenvalue weighted by Gasteiger charge is 2.12. The zero-order valence-electron chi connectivity index (χ0n) is 17.8. The SMILES string of the molecule is CCc1nc(-c2ccc(OCCNCC(O)c3ccc(Cl)c(NS(C)(=O)=O)c3)cc2)cs1. The van der Waals surface area contributed by atoms with Gasteiger partial charge in [-0.15, -0.1) is 11.3 Å². The van der Waals surface area contributed by atoms with Crippen LogP contribution in [0.5, 0.6) is 5.75 Å². The average Bonchev–Trinajstić information content (AvgIpc) is 3.24. The summed E-state index contributed by atoms with van der Waals surface area (Å²) in [7, 11) is -3.46. The second kappa shape index (κ2) is 11.1. The van der Waals surface area contributed by atoms with E-state index in [9.17, 15) is 13.5 Å². The molecule has 3 aromatic rings. The molecule has 1 aromatic heterocycles. The van der Waals surface area contributed by atoms with Crippen LogP contribution in [0.4, 0.5) is 5.69 Å². The van der Waals surface area contributed by atoms with Crippen molar-refractivity contribution in [3.8, 4) is 17.0 Å². The lowest BCUT2D eigenvalue weighted by Crippen LogP contribution is -2.26. The topological polar surface area (TPSA) is 101 Å². The second-order valence-corrected chi connectivity index (χ2v) is 10.3. The molecule has 0 aliphatic carbocycles. The summed E-state index contributed by atoms with van der Waals surface area (Å²) in [4.78, 5) is 4.59. The van der Waals surface area contributed by atoms with Crippen LogP contribution < -0.4 is 14.8 Å². The van der Waals surface area contributed by atoms with E-state index in [0.29, 0.717) is 18.7 Å². The van der Waals surface area contributed by atoms with Crippen LogP contribution in [0.3, 0.4) is 0 Å². The quantitative estimate of drug-likeness (QED) is 0.346. The second-order valence-electron chi connectivity index (χ2n) is 7.19. The van der Waals surface area contributed by atoms with Crippen LogP contribution in [-0.2, 0) is 16.4 Å². The lowest BCUT2D eigenvalue weighted by molar-refractivity contribution is 0.172. The fourth-order valence-corrected chi connectivity index (χ4v) is 4.50. The number of anilines is 1. The number of aryl methyl sites for hydroxylation is 1. The summed E-state index contributed by atoms with van der Waals surface area (Å²) in [6.45, 7) is 3.35. The van der Waals surface area contributed by atoms with Crippen LogP contribution in [0.15, 0.2) is 47.8 Å². The van der Waals surface area contributed by atoms with Gasteiger partial charge >= 0.3 is 0 Å². The number of aromatic nitrogens is 1. The van der Waals surface area contributed by atoms with E-state index in [0.717, 1.165) is 34.7 Å². The van der Waals surface area contributed by atoms with E-state index in [1.54, 1.807) is 23.5 Å². The minimum Gasteiger partial charge on any atom is -0.492 e. The molecule has 0 amide bonds. The monoisotopic (exact) mass is 495 g/mol. The number of aliphatic hydroxyl groups excluding tert-OH is 1. The summed E-state index contributed by atoms with van der Waals surface area (Å²) in [5, 5.41) is 17.0. The van der Waals surface area contributed by atoms with E-state index in [4.69, 9.17) is 16.3 Å². The van der Waals surface area contributed by atoms with Crippen LogP contribution in [0, 0.1) is 0 Å². The van der Waals surface area contributed by atoms with Gasteiger partial charge in [-0.25, -0.2) is 13.4 Å². The number of benzene rings is 2. The molecular formula is C22H26ClN3O4S2. The Morgan fingerprint density at radius 2 is 1.97 bits per heavy atom. The Bertz CT molecular complexity index is 1130. The third-order valence-electron chi connectivity index (χ3n) is 4.56. The molecule has 3 N–H and O–H groups in total. The molecule has 7 nitrogen and oxygen atoms in total. The molecule has 3 rings (SSSR count). The Morgan fingerprint density at radius 1 is 1.22 bits per heavy atom. The smallest absolute Gasteiger partial charge is 0.229 e. The Kier molecular flexibility index (Phi) is 8.50. The van der Waals surface area contributed by atoms with Crippen LogP contribution in [-0.4, -0.2) is 44.5 Å². The summed E-state index contributed by atoms with van der Waals surface area (Å²) in [5.41, 5.74) is 2.83. The summed E-state index contributed by atoms with van der Waals surface area (Å²) in [6.07, 6.45) is 1.16. The molecule has 0 saturated heterocycles. The zero-order valence-corrected chi connectivity index (χ0v) is 20.2. The number of nitrogens with one attached hydrogen (secondary N) is 2. The minimum absolute atomic E-state index is 0.237. The van der Waals surface area contributed by atoms with Crippen molar-refractivity contribution in [1.29, 1.82) is 0 Å². The first-order valence-corrected chi connectivity index (χ1v) is 13.2. The molecule has 2 aromatic carbocycles. The van der Waals surface area contributed by atoms with Gasteiger partial charge in [-0.05, 0) is 48.4 Å². The van der Waals surface area contributed by atoms with E-state index < -0.39 is 16.1 Å². The van der Waals surface area contributed by atoms with Gasteiger partial charge in [0.2, 0.25) is 10.0 Å². The molecule has 1 unspecified atom stereocenters. The van der Waals surface area contributed by atoms with Crippen LogP contribution in [0.1, 0.15) is 23.6 Å². The first-order valence-electron chi connectivity index (χ1n) is 10.1. The van der Waals surface area contributed by atoms with Crippen molar-refractivity contribution in [2.45, 2.75) is 19.4 Å². The maximum absolute atomic E-state index is 11.4. The number of ether oxygens (including phenoxy) is 1. The normalized spacial score (nSPS) is 12.5. The van der Waals surface area contributed by atoms with Crippen molar-refractivity contribution in [3.05, 3.63) is 63.4 Å². The lowest BCUT2D eigenvalue weighted by atomic mass is 10.1. The van der Waals surface area contributed by atoms with Gasteiger partial charge in [0.05, 0.1) is 33.8 Å². The first-order chi connectivity index (χ1) is 15.2. The Hall–Kier alpha value is -2.17. The third-order valence-corrected chi connectivity index (χ3v) is 6.47. The highest BCUT2D eigenvalue weighted by atomic mass is 35.5. The van der Waals surface area contributed by atoms with Gasteiger partial charge in [-0.2, -0.15) is 0 Å². The van der Waals surface area contributed by atoms with Crippen LogP contribution in [0.25, 0.3) is 11.3 Å². The highest BCUT2D eigenvalue weighted by Crippen LogP contribution is 2.27. The molecule has 0 spiro atoms. The Morgan fingerprint density at radius 3 is 2.62 bits per heavy atom. The van der Waals surface area contributed by atoms with Gasteiger partial charge in [-0.1, -0.05) is 24.6 Å². The van der Waals surface area contributed by atoms with Gasteiger partial charge in [0.1, 0.15) is 12.4 Å². The highest BCUT2D eigenvalue weighted by molar-refractivity contribution is 7.92. The van der Waals surface area contributed by atoms with Crippen molar-refractivity contribution < 1.29 is 18.3 Å². The molecule has 172 valence electrons. The predicted molar refractivity (Wildman–Crippen MR) is 130 cm³/mol. The molecule has 0 aliphatic rings. The first kappa shape index (κ1) is 24.5. The fourth-order valence-electron chi connectivity index (χ4n) is 2.95. The molecule has 1 atom stereocenters. The number of nitrogens with zero attached hydrogens (tertiary/aromatic N) is 1. The van der Waals surface area contributed by atoms with E-state index in [1.807, 2.05) is 24.3 Å². The Balaban J connectivity index is 1.44. The number of sulfonamides is 1. The number of hydrogen-bond donors (Lipinski definition) is 3. The van der Waals surface area contributed by atoms with Crippen LogP contribution in [0.2, 0.25) is 5.02 Å². The standard InChI is InChI=1S/C22H26ClN3O4S2/c1-3-22-25-20(14-31-22)15-4-7-17(8-5-15)30-11-10-24-13-21(27)16-6-9-18(23)19(12-16)26-32(2,28)29/h4-9,12,14,21,24,26-27H,3,10-11,13H2,1-2H3. The Labute approximate surface area is 197 Å². The maximum Gasteiger partial charge on any atom is 0.229 e. The number of rotatable bonds is 11. The van der Waals surface area contributed by atoms with Crippen LogP contribution >= 0.6 is 22.9 Å². The van der Waals surface area contributed by atoms with E-state index in [1.165, 1.54) is 6.07 Å². The van der Waals surface area contributed by atoms with E-state index in [-0.39, 0.29) is 17.3 Å². The summed E-state index contributed by atoms with van der Waals surface area (Å²) in [6, 6.07) is 12.5. The zero-order chi connectivity index (χ0) is 23.1.